The van der Waals surface area contributed by atoms with Crippen LogP contribution >= 0.6 is 0 Å². The van der Waals surface area contributed by atoms with Crippen molar-refractivity contribution in [2.45, 2.75) is 25.2 Å². The zero-order valence-electron chi connectivity index (χ0n) is 12.5. The second-order valence-electron chi connectivity index (χ2n) is 5.86. The van der Waals surface area contributed by atoms with Gasteiger partial charge < -0.3 is 19.5 Å². The predicted octanol–water partition coefficient (Wildman–Crippen LogP) is 0.838. The van der Waals surface area contributed by atoms with Crippen molar-refractivity contribution >= 4 is 5.91 Å². The van der Waals surface area contributed by atoms with Gasteiger partial charge in [0.15, 0.2) is 0 Å². The lowest BCUT2D eigenvalue weighted by molar-refractivity contribution is -0.135. The molecule has 2 aliphatic rings. The van der Waals surface area contributed by atoms with Gasteiger partial charge in [0.05, 0.1) is 13.2 Å². The highest BCUT2D eigenvalue weighted by Gasteiger charge is 2.24. The number of nitrogens with one attached hydrogen (secondary N) is 1. The first-order valence-electron chi connectivity index (χ1n) is 7.90. The van der Waals surface area contributed by atoms with Gasteiger partial charge in [0.2, 0.25) is 5.91 Å². The van der Waals surface area contributed by atoms with Crippen molar-refractivity contribution in [3.05, 3.63) is 18.2 Å². The number of carbonyl (C=O) groups is 1. The van der Waals surface area contributed by atoms with Crippen LogP contribution in [0, 0.1) is 0 Å². The number of imidazole rings is 1. The summed E-state index contributed by atoms with van der Waals surface area (Å²) in [5, 5.41) is 0. The first-order chi connectivity index (χ1) is 10.3. The van der Waals surface area contributed by atoms with Crippen LogP contribution in [-0.4, -0.2) is 71.6 Å². The molecule has 1 N–H and O–H groups in total. The van der Waals surface area contributed by atoms with E-state index in [4.69, 9.17) is 4.74 Å². The van der Waals surface area contributed by atoms with E-state index < -0.39 is 0 Å². The number of ether oxygens (including phenoxy) is 1. The van der Waals surface area contributed by atoms with E-state index in [2.05, 4.69) is 14.9 Å². The Morgan fingerprint density at radius 2 is 2.24 bits per heavy atom. The van der Waals surface area contributed by atoms with E-state index in [0.29, 0.717) is 25.6 Å². The number of piperidine rings is 1. The van der Waals surface area contributed by atoms with Crippen molar-refractivity contribution in [2.75, 3.05) is 45.9 Å². The topological polar surface area (TPSA) is 61.5 Å². The molecular formula is C15H24N4O2. The van der Waals surface area contributed by atoms with Gasteiger partial charge in [0.25, 0.3) is 0 Å². The molecule has 0 bridgehead atoms. The third-order valence-corrected chi connectivity index (χ3v) is 4.42. The largest absolute Gasteiger partial charge is 0.378 e. The molecule has 0 spiro atoms. The second-order valence-corrected chi connectivity index (χ2v) is 5.86. The van der Waals surface area contributed by atoms with Gasteiger partial charge in [-0.2, -0.15) is 0 Å². The number of morpholine rings is 1. The molecule has 3 heterocycles. The molecule has 2 aliphatic heterocycles. The molecule has 3 rings (SSSR count). The standard InChI is InChI=1S/C15H24N4O2/c20-14(19-8-10-21-11-9-19)3-7-18-6-1-2-13(12-18)15-16-4-5-17-15/h4-5,13H,1-3,6-12H2,(H,16,17). The van der Waals surface area contributed by atoms with Gasteiger partial charge in [-0.25, -0.2) is 4.98 Å². The molecule has 1 aromatic rings. The Bertz CT molecular complexity index is 443. The number of carbonyl (C=O) groups excluding carboxylic acids is 1. The van der Waals surface area contributed by atoms with Gasteiger partial charge in [-0.05, 0) is 19.4 Å². The quantitative estimate of drug-likeness (QED) is 0.893. The highest BCUT2D eigenvalue weighted by atomic mass is 16.5. The minimum atomic E-state index is 0.262. The van der Waals surface area contributed by atoms with Gasteiger partial charge in [-0.15, -0.1) is 0 Å². The summed E-state index contributed by atoms with van der Waals surface area (Å²) >= 11 is 0. The van der Waals surface area contributed by atoms with Gasteiger partial charge in [0, 0.05) is 50.9 Å². The lowest BCUT2D eigenvalue weighted by Crippen LogP contribution is -2.43. The lowest BCUT2D eigenvalue weighted by Gasteiger charge is -2.32. The second kappa shape index (κ2) is 7.04. The van der Waals surface area contributed by atoms with Gasteiger partial charge in [0.1, 0.15) is 5.82 Å². The Morgan fingerprint density at radius 3 is 3.00 bits per heavy atom. The van der Waals surface area contributed by atoms with Crippen molar-refractivity contribution in [2.24, 2.45) is 0 Å². The molecule has 2 saturated heterocycles. The molecule has 0 radical (unpaired) electrons. The van der Waals surface area contributed by atoms with E-state index in [9.17, 15) is 4.79 Å². The van der Waals surface area contributed by atoms with Crippen LogP contribution in [0.15, 0.2) is 12.4 Å². The summed E-state index contributed by atoms with van der Waals surface area (Å²) < 4.78 is 5.29. The molecule has 0 aliphatic carbocycles. The molecule has 116 valence electrons. The zero-order chi connectivity index (χ0) is 14.5. The summed E-state index contributed by atoms with van der Waals surface area (Å²) in [5.74, 6) is 1.82. The van der Waals surface area contributed by atoms with Crippen molar-refractivity contribution in [3.8, 4) is 0 Å². The van der Waals surface area contributed by atoms with E-state index in [-0.39, 0.29) is 5.91 Å². The third kappa shape index (κ3) is 3.83. The Balaban J connectivity index is 1.45. The Hall–Kier alpha value is -1.40. The van der Waals surface area contributed by atoms with Crippen molar-refractivity contribution < 1.29 is 9.53 Å². The first kappa shape index (κ1) is 14.5. The predicted molar refractivity (Wildman–Crippen MR) is 79.0 cm³/mol. The first-order valence-corrected chi connectivity index (χ1v) is 7.90. The zero-order valence-corrected chi connectivity index (χ0v) is 12.5. The van der Waals surface area contributed by atoms with Crippen molar-refractivity contribution in [3.63, 3.8) is 0 Å². The molecule has 6 heteroatoms. The molecule has 0 aromatic carbocycles. The minimum absolute atomic E-state index is 0.262. The average Bonchev–Trinajstić information content (AvgIpc) is 3.08. The minimum Gasteiger partial charge on any atom is -0.378 e. The summed E-state index contributed by atoms with van der Waals surface area (Å²) in [5.41, 5.74) is 0. The average molecular weight is 292 g/mol. The Kier molecular flexibility index (Phi) is 4.87. The van der Waals surface area contributed by atoms with E-state index in [1.165, 1.54) is 12.8 Å². The number of hydrogen-bond acceptors (Lipinski definition) is 4. The fourth-order valence-electron chi connectivity index (χ4n) is 3.21. The van der Waals surface area contributed by atoms with Gasteiger partial charge in [-0.3, -0.25) is 4.79 Å². The summed E-state index contributed by atoms with van der Waals surface area (Å²) in [7, 11) is 0. The van der Waals surface area contributed by atoms with Crippen molar-refractivity contribution in [1.82, 2.24) is 19.8 Å². The normalized spacial score (nSPS) is 24.2. The Labute approximate surface area is 125 Å². The van der Waals surface area contributed by atoms with Crippen LogP contribution in [0.4, 0.5) is 0 Å². The SMILES string of the molecule is O=C(CCN1CCCC(c2ncc[nH]2)C1)N1CCOCC1. The fraction of sp³-hybridized carbons (Fsp3) is 0.733. The lowest BCUT2D eigenvalue weighted by atomic mass is 9.97. The van der Waals surface area contributed by atoms with E-state index in [1.807, 2.05) is 17.3 Å². The highest BCUT2D eigenvalue weighted by molar-refractivity contribution is 5.76. The van der Waals surface area contributed by atoms with Crippen molar-refractivity contribution in [1.29, 1.82) is 0 Å². The summed E-state index contributed by atoms with van der Waals surface area (Å²) in [6, 6.07) is 0. The highest BCUT2D eigenvalue weighted by Crippen LogP contribution is 2.24. The number of H-pyrrole nitrogens is 1. The van der Waals surface area contributed by atoms with Crippen LogP contribution in [0.5, 0.6) is 0 Å². The maximum atomic E-state index is 12.2. The molecule has 1 atom stereocenters. The van der Waals surface area contributed by atoms with E-state index in [1.54, 1.807) is 0 Å². The van der Waals surface area contributed by atoms with Crippen LogP contribution in [0.1, 0.15) is 31.0 Å². The molecule has 1 aromatic heterocycles. The van der Waals surface area contributed by atoms with Gasteiger partial charge in [-0.1, -0.05) is 0 Å². The molecular weight excluding hydrogens is 268 g/mol. The van der Waals surface area contributed by atoms with E-state index in [0.717, 1.165) is 38.5 Å². The number of aromatic nitrogens is 2. The number of rotatable bonds is 4. The number of amides is 1. The fourth-order valence-corrected chi connectivity index (χ4v) is 3.21. The van der Waals surface area contributed by atoms with Gasteiger partial charge >= 0.3 is 0 Å². The molecule has 6 nitrogen and oxygen atoms in total. The summed E-state index contributed by atoms with van der Waals surface area (Å²) in [6.07, 6.45) is 6.68. The number of nitrogens with zero attached hydrogens (tertiary/aromatic N) is 3. The number of hydrogen-bond donors (Lipinski definition) is 1. The molecule has 21 heavy (non-hydrogen) atoms. The van der Waals surface area contributed by atoms with Crippen LogP contribution in [0.2, 0.25) is 0 Å². The third-order valence-electron chi connectivity index (χ3n) is 4.42. The summed E-state index contributed by atoms with van der Waals surface area (Å²) in [6.45, 7) is 5.79. The van der Waals surface area contributed by atoms with Crippen LogP contribution < -0.4 is 0 Å². The smallest absolute Gasteiger partial charge is 0.224 e. The molecule has 1 unspecified atom stereocenters. The van der Waals surface area contributed by atoms with Crippen LogP contribution in [-0.2, 0) is 9.53 Å². The van der Waals surface area contributed by atoms with Crippen LogP contribution in [0.3, 0.4) is 0 Å². The molecule has 2 fully saturated rings. The molecule has 1 amide bonds. The summed E-state index contributed by atoms with van der Waals surface area (Å²) in [4.78, 5) is 24.1. The maximum absolute atomic E-state index is 12.2. The molecule has 0 saturated carbocycles. The Morgan fingerprint density at radius 1 is 1.38 bits per heavy atom. The maximum Gasteiger partial charge on any atom is 0.224 e. The monoisotopic (exact) mass is 292 g/mol. The number of aromatic amines is 1. The number of likely N-dealkylation sites (tertiary alicyclic amines) is 1. The van der Waals surface area contributed by atoms with Crippen LogP contribution in [0.25, 0.3) is 0 Å². The van der Waals surface area contributed by atoms with E-state index >= 15 is 0 Å².